The third kappa shape index (κ3) is 4.39. The third-order valence-electron chi connectivity index (χ3n) is 2.73. The number of thioether (sulfide) groups is 1. The average molecular weight is 301 g/mol. The molecular formula is C11H15N3O3S2. The summed E-state index contributed by atoms with van der Waals surface area (Å²) < 4.78 is 0. The second kappa shape index (κ2) is 6.76. The molecule has 2 heterocycles. The van der Waals surface area contributed by atoms with Crippen LogP contribution in [-0.4, -0.2) is 39.6 Å². The summed E-state index contributed by atoms with van der Waals surface area (Å²) in [6, 6.07) is 0.0242. The maximum atomic E-state index is 11.7. The second-order valence-electron chi connectivity index (χ2n) is 4.15. The second-order valence-corrected chi connectivity index (χ2v) is 6.31. The maximum absolute atomic E-state index is 11.7. The molecule has 0 unspecified atom stereocenters. The highest BCUT2D eigenvalue weighted by Crippen LogP contribution is 2.16. The zero-order chi connectivity index (χ0) is 13.7. The Kier molecular flexibility index (Phi) is 5.03. The minimum absolute atomic E-state index is 0.0199. The number of carbonyl (C=O) groups excluding carboxylic acids is 1. The zero-order valence-corrected chi connectivity index (χ0v) is 11.9. The number of rotatable bonds is 4. The van der Waals surface area contributed by atoms with Gasteiger partial charge in [-0.05, 0) is 24.3 Å². The molecule has 0 saturated carbocycles. The molecule has 1 saturated heterocycles. The fourth-order valence-corrected chi connectivity index (χ4v) is 3.54. The van der Waals surface area contributed by atoms with Crippen molar-refractivity contribution in [2.45, 2.75) is 25.4 Å². The van der Waals surface area contributed by atoms with Crippen LogP contribution in [0.5, 0.6) is 0 Å². The Balaban J connectivity index is 1.74. The van der Waals surface area contributed by atoms with Gasteiger partial charge < -0.3 is 15.7 Å². The lowest BCUT2D eigenvalue weighted by Crippen LogP contribution is -2.43. The van der Waals surface area contributed by atoms with Crippen LogP contribution in [0.25, 0.3) is 0 Å². The number of amides is 2. The molecule has 0 spiro atoms. The van der Waals surface area contributed by atoms with Crippen molar-refractivity contribution in [1.29, 1.82) is 0 Å². The molecule has 3 N–H and O–H groups in total. The van der Waals surface area contributed by atoms with E-state index in [-0.39, 0.29) is 24.3 Å². The molecule has 0 radical (unpaired) electrons. The lowest BCUT2D eigenvalue weighted by atomic mass is 10.2. The van der Waals surface area contributed by atoms with Crippen molar-refractivity contribution in [2.75, 3.05) is 11.5 Å². The monoisotopic (exact) mass is 301 g/mol. The Morgan fingerprint density at radius 3 is 2.79 bits per heavy atom. The number of hydrogen-bond acceptors (Lipinski definition) is 5. The van der Waals surface area contributed by atoms with Gasteiger partial charge in [0.05, 0.1) is 6.54 Å². The maximum Gasteiger partial charge on any atom is 0.355 e. The van der Waals surface area contributed by atoms with Crippen LogP contribution in [0.2, 0.25) is 0 Å². The van der Waals surface area contributed by atoms with Crippen LogP contribution in [0.15, 0.2) is 5.38 Å². The number of carbonyl (C=O) groups is 2. The highest BCUT2D eigenvalue weighted by molar-refractivity contribution is 7.99. The summed E-state index contributed by atoms with van der Waals surface area (Å²) in [6.45, 7) is 0.255. The van der Waals surface area contributed by atoms with E-state index in [9.17, 15) is 9.59 Å². The SMILES string of the molecule is O=C(NCc1nc(C(=O)O)cs1)NC1CCSCC1. The summed E-state index contributed by atoms with van der Waals surface area (Å²) in [5, 5.41) is 16.4. The molecule has 1 aromatic rings. The minimum Gasteiger partial charge on any atom is -0.476 e. The number of aromatic carboxylic acids is 1. The number of carboxylic acid groups (broad SMARTS) is 1. The first-order valence-corrected chi connectivity index (χ1v) is 7.98. The number of urea groups is 1. The van der Waals surface area contributed by atoms with Gasteiger partial charge in [0, 0.05) is 11.4 Å². The van der Waals surface area contributed by atoms with E-state index in [1.54, 1.807) is 0 Å². The largest absolute Gasteiger partial charge is 0.476 e. The van der Waals surface area contributed by atoms with Gasteiger partial charge in [0.15, 0.2) is 5.69 Å². The molecule has 1 aliphatic heterocycles. The lowest BCUT2D eigenvalue weighted by molar-refractivity contribution is 0.0691. The quantitative estimate of drug-likeness (QED) is 0.784. The van der Waals surface area contributed by atoms with Gasteiger partial charge in [-0.3, -0.25) is 0 Å². The Labute approximate surface area is 119 Å². The lowest BCUT2D eigenvalue weighted by Gasteiger charge is -2.22. The van der Waals surface area contributed by atoms with E-state index in [2.05, 4.69) is 15.6 Å². The smallest absolute Gasteiger partial charge is 0.355 e. The van der Waals surface area contributed by atoms with Crippen molar-refractivity contribution in [2.24, 2.45) is 0 Å². The molecular weight excluding hydrogens is 286 g/mol. The molecule has 2 rings (SSSR count). The Morgan fingerprint density at radius 1 is 1.42 bits per heavy atom. The van der Waals surface area contributed by atoms with Crippen LogP contribution in [0.3, 0.4) is 0 Å². The molecule has 1 fully saturated rings. The minimum atomic E-state index is -1.05. The average Bonchev–Trinajstić information content (AvgIpc) is 2.86. The number of nitrogens with zero attached hydrogens (tertiary/aromatic N) is 1. The summed E-state index contributed by atoms with van der Waals surface area (Å²) in [6.07, 6.45) is 2.00. The first kappa shape index (κ1) is 14.1. The van der Waals surface area contributed by atoms with E-state index in [1.807, 2.05) is 11.8 Å². The topological polar surface area (TPSA) is 91.3 Å². The Hall–Kier alpha value is -1.28. The fraction of sp³-hybridized carbons (Fsp3) is 0.545. The molecule has 2 amide bonds. The van der Waals surface area contributed by atoms with Crippen LogP contribution >= 0.6 is 23.1 Å². The van der Waals surface area contributed by atoms with E-state index >= 15 is 0 Å². The predicted molar refractivity (Wildman–Crippen MR) is 74.8 cm³/mol. The molecule has 8 heteroatoms. The van der Waals surface area contributed by atoms with Gasteiger partial charge in [0.1, 0.15) is 5.01 Å². The third-order valence-corrected chi connectivity index (χ3v) is 4.63. The van der Waals surface area contributed by atoms with Crippen molar-refractivity contribution in [3.05, 3.63) is 16.1 Å². The van der Waals surface area contributed by atoms with Crippen molar-refractivity contribution in [1.82, 2.24) is 15.6 Å². The molecule has 19 heavy (non-hydrogen) atoms. The van der Waals surface area contributed by atoms with Crippen LogP contribution in [0.1, 0.15) is 28.3 Å². The van der Waals surface area contributed by atoms with Crippen LogP contribution < -0.4 is 10.6 Å². The van der Waals surface area contributed by atoms with Crippen molar-refractivity contribution < 1.29 is 14.7 Å². The van der Waals surface area contributed by atoms with Crippen LogP contribution in [-0.2, 0) is 6.54 Å². The van der Waals surface area contributed by atoms with Crippen molar-refractivity contribution in [3.8, 4) is 0 Å². The number of nitrogens with one attached hydrogen (secondary N) is 2. The predicted octanol–water partition coefficient (Wildman–Crippen LogP) is 1.54. The van der Waals surface area contributed by atoms with Gasteiger partial charge in [-0.25, -0.2) is 14.6 Å². The molecule has 0 aliphatic carbocycles. The van der Waals surface area contributed by atoms with Gasteiger partial charge in [-0.2, -0.15) is 11.8 Å². The first-order valence-electron chi connectivity index (χ1n) is 5.95. The van der Waals surface area contributed by atoms with Crippen LogP contribution in [0.4, 0.5) is 4.79 Å². The Bertz CT molecular complexity index is 458. The van der Waals surface area contributed by atoms with E-state index in [4.69, 9.17) is 5.11 Å². The number of hydrogen-bond donors (Lipinski definition) is 3. The van der Waals surface area contributed by atoms with Crippen molar-refractivity contribution >= 4 is 35.1 Å². The fourth-order valence-electron chi connectivity index (χ4n) is 1.72. The molecule has 1 aliphatic rings. The Morgan fingerprint density at radius 2 is 2.16 bits per heavy atom. The van der Waals surface area contributed by atoms with Gasteiger partial charge in [-0.15, -0.1) is 11.3 Å². The molecule has 0 aromatic carbocycles. The highest BCUT2D eigenvalue weighted by atomic mass is 32.2. The van der Waals surface area contributed by atoms with Crippen LogP contribution in [0, 0.1) is 0 Å². The van der Waals surface area contributed by atoms with E-state index in [0.29, 0.717) is 5.01 Å². The number of thiazole rings is 1. The number of carboxylic acids is 1. The summed E-state index contributed by atoms with van der Waals surface area (Å²) in [4.78, 5) is 26.2. The summed E-state index contributed by atoms with van der Waals surface area (Å²) in [7, 11) is 0. The van der Waals surface area contributed by atoms with Gasteiger partial charge >= 0.3 is 12.0 Å². The summed E-state index contributed by atoms with van der Waals surface area (Å²) >= 11 is 3.13. The van der Waals surface area contributed by atoms with Crippen molar-refractivity contribution in [3.63, 3.8) is 0 Å². The standard InChI is InChI=1S/C11H15N3O3S2/c15-10(16)8-6-19-9(14-8)5-12-11(17)13-7-1-3-18-4-2-7/h6-7H,1-5H2,(H,15,16)(H2,12,13,17). The summed E-state index contributed by atoms with van der Waals surface area (Å²) in [5.41, 5.74) is 0.0199. The molecule has 1 aromatic heterocycles. The van der Waals surface area contributed by atoms with Gasteiger partial charge in [0.25, 0.3) is 0 Å². The molecule has 104 valence electrons. The molecule has 0 atom stereocenters. The number of aromatic nitrogens is 1. The zero-order valence-electron chi connectivity index (χ0n) is 10.2. The van der Waals surface area contributed by atoms with E-state index < -0.39 is 5.97 Å². The summed E-state index contributed by atoms with van der Waals surface area (Å²) in [5.74, 6) is 1.12. The van der Waals surface area contributed by atoms with E-state index in [1.165, 1.54) is 16.7 Å². The molecule has 0 bridgehead atoms. The van der Waals surface area contributed by atoms with E-state index in [0.717, 1.165) is 24.3 Å². The van der Waals surface area contributed by atoms with Gasteiger partial charge in [-0.1, -0.05) is 0 Å². The normalized spacial score (nSPS) is 16.0. The molecule has 6 nitrogen and oxygen atoms in total. The highest BCUT2D eigenvalue weighted by Gasteiger charge is 2.16. The first-order chi connectivity index (χ1) is 9.15. The van der Waals surface area contributed by atoms with Gasteiger partial charge in [0.2, 0.25) is 0 Å².